The number of hydrogen-bond donors (Lipinski definition) is 3. The highest BCUT2D eigenvalue weighted by atomic mass is 32.2. The van der Waals surface area contributed by atoms with E-state index in [1.807, 2.05) is 18.0 Å². The summed E-state index contributed by atoms with van der Waals surface area (Å²) in [7, 11) is 1.78. The summed E-state index contributed by atoms with van der Waals surface area (Å²) in [6.45, 7) is 2.52. The van der Waals surface area contributed by atoms with Gasteiger partial charge in [-0.05, 0) is 55.9 Å². The molecule has 1 aromatic carbocycles. The van der Waals surface area contributed by atoms with Crippen LogP contribution in [-0.2, 0) is 11.2 Å². The fraction of sp³-hybridized carbons (Fsp3) is 0.565. The Bertz CT molecular complexity index is 916. The third kappa shape index (κ3) is 5.53. The van der Waals surface area contributed by atoms with Gasteiger partial charge in [0.25, 0.3) is 0 Å². The lowest BCUT2D eigenvalue weighted by Gasteiger charge is -2.34. The average Bonchev–Trinajstić information content (AvgIpc) is 3.21. The number of H-pyrrole nitrogens is 1. The molecule has 4 rings (SSSR count). The van der Waals surface area contributed by atoms with E-state index in [0.717, 1.165) is 79.1 Å². The van der Waals surface area contributed by atoms with E-state index < -0.39 is 0 Å². The number of nitrogens with zero attached hydrogens (tertiary/aromatic N) is 2. The third-order valence-corrected chi connectivity index (χ3v) is 7.32. The van der Waals surface area contributed by atoms with Crippen LogP contribution in [-0.4, -0.2) is 66.0 Å². The number of carbonyl (C=O) groups is 1. The zero-order chi connectivity index (χ0) is 21.6. The molecule has 31 heavy (non-hydrogen) atoms. The molecule has 0 spiro atoms. The average molecular weight is 446 g/mol. The molecule has 2 heterocycles. The van der Waals surface area contributed by atoms with Crippen molar-refractivity contribution in [3.8, 4) is 0 Å². The lowest BCUT2D eigenvalue weighted by Crippen LogP contribution is -2.47. The predicted octanol–water partition coefficient (Wildman–Crippen LogP) is 3.15. The molecule has 2 aliphatic rings. The maximum atomic E-state index is 13.6. The summed E-state index contributed by atoms with van der Waals surface area (Å²) in [5.74, 6) is 3.24. The molecule has 6 nitrogen and oxygen atoms in total. The van der Waals surface area contributed by atoms with Crippen LogP contribution in [0.3, 0.4) is 0 Å². The second-order valence-electron chi connectivity index (χ2n) is 8.38. The van der Waals surface area contributed by atoms with Crippen molar-refractivity contribution in [1.82, 2.24) is 20.5 Å². The molecule has 3 N–H and O–H groups in total. The van der Waals surface area contributed by atoms with Crippen molar-refractivity contribution in [2.24, 2.45) is 10.9 Å². The molecule has 0 unspecified atom stereocenters. The summed E-state index contributed by atoms with van der Waals surface area (Å²) in [4.78, 5) is 22.4. The first-order valence-corrected chi connectivity index (χ1v) is 12.4. The molecule has 1 saturated carbocycles. The Morgan fingerprint density at radius 2 is 2.03 bits per heavy atom. The lowest BCUT2D eigenvalue weighted by atomic mass is 9.85. The van der Waals surface area contributed by atoms with Crippen LogP contribution in [0.15, 0.2) is 29.4 Å². The molecule has 2 aromatic rings. The van der Waals surface area contributed by atoms with Crippen molar-refractivity contribution < 1.29 is 9.18 Å². The van der Waals surface area contributed by atoms with Gasteiger partial charge in [-0.15, -0.1) is 0 Å². The summed E-state index contributed by atoms with van der Waals surface area (Å²) in [6.07, 6.45) is 6.58. The fourth-order valence-corrected chi connectivity index (χ4v) is 5.49. The van der Waals surface area contributed by atoms with Crippen LogP contribution in [0.25, 0.3) is 10.9 Å². The first kappa shape index (κ1) is 22.0. The molecule has 1 aliphatic heterocycles. The Hall–Kier alpha value is -2.22. The van der Waals surface area contributed by atoms with Crippen molar-refractivity contribution in [2.75, 3.05) is 38.2 Å². The van der Waals surface area contributed by atoms with Crippen molar-refractivity contribution in [3.05, 3.63) is 35.8 Å². The number of thioether (sulfide) groups is 1. The third-order valence-electron chi connectivity index (χ3n) is 6.38. The van der Waals surface area contributed by atoms with E-state index in [0.29, 0.717) is 18.5 Å². The molecule has 1 aliphatic carbocycles. The van der Waals surface area contributed by atoms with Gasteiger partial charge < -0.3 is 20.5 Å². The number of hydrogen-bond acceptors (Lipinski definition) is 3. The SMILES string of the molecule is CN=C(NCCc1c[nH]c2ccc(F)cc12)NC1CCC(C(=O)N2CCSCC2)CC1. The zero-order valence-corrected chi connectivity index (χ0v) is 18.9. The maximum absolute atomic E-state index is 13.6. The van der Waals surface area contributed by atoms with Crippen LogP contribution in [0.1, 0.15) is 31.2 Å². The molecular weight excluding hydrogens is 413 g/mol. The number of benzene rings is 1. The zero-order valence-electron chi connectivity index (χ0n) is 18.1. The fourth-order valence-electron chi connectivity index (χ4n) is 4.59. The molecule has 1 aromatic heterocycles. The lowest BCUT2D eigenvalue weighted by molar-refractivity contribution is -0.136. The van der Waals surface area contributed by atoms with E-state index in [4.69, 9.17) is 0 Å². The van der Waals surface area contributed by atoms with E-state index in [-0.39, 0.29) is 11.7 Å². The van der Waals surface area contributed by atoms with E-state index in [1.165, 1.54) is 6.07 Å². The van der Waals surface area contributed by atoms with Gasteiger partial charge in [0.1, 0.15) is 5.82 Å². The first-order valence-electron chi connectivity index (χ1n) is 11.2. The van der Waals surface area contributed by atoms with Crippen LogP contribution in [0, 0.1) is 11.7 Å². The molecule has 2 fully saturated rings. The molecule has 1 saturated heterocycles. The summed E-state index contributed by atoms with van der Waals surface area (Å²) in [6, 6.07) is 5.17. The first-order chi connectivity index (χ1) is 15.1. The molecule has 0 radical (unpaired) electrons. The van der Waals surface area contributed by atoms with Crippen LogP contribution in [0.2, 0.25) is 0 Å². The number of aromatic nitrogens is 1. The van der Waals surface area contributed by atoms with Gasteiger partial charge >= 0.3 is 0 Å². The topological polar surface area (TPSA) is 72.5 Å². The molecular formula is C23H32FN5OS. The van der Waals surface area contributed by atoms with E-state index in [1.54, 1.807) is 19.2 Å². The molecule has 168 valence electrons. The van der Waals surface area contributed by atoms with Crippen LogP contribution in [0.5, 0.6) is 0 Å². The summed E-state index contributed by atoms with van der Waals surface area (Å²) in [5, 5.41) is 7.82. The Labute approximate surface area is 187 Å². The minimum Gasteiger partial charge on any atom is -0.361 e. The number of halogens is 1. The van der Waals surface area contributed by atoms with Crippen molar-refractivity contribution in [2.45, 2.75) is 38.1 Å². The number of carbonyl (C=O) groups excluding carboxylic acids is 1. The van der Waals surface area contributed by atoms with E-state index in [9.17, 15) is 9.18 Å². The number of rotatable bonds is 5. The maximum Gasteiger partial charge on any atom is 0.225 e. The number of aromatic amines is 1. The van der Waals surface area contributed by atoms with Gasteiger partial charge in [-0.3, -0.25) is 9.79 Å². The molecule has 0 bridgehead atoms. The van der Waals surface area contributed by atoms with E-state index >= 15 is 0 Å². The highest BCUT2D eigenvalue weighted by Crippen LogP contribution is 2.27. The van der Waals surface area contributed by atoms with Gasteiger partial charge in [-0.2, -0.15) is 11.8 Å². The van der Waals surface area contributed by atoms with Crippen LogP contribution >= 0.6 is 11.8 Å². The molecule has 8 heteroatoms. The highest BCUT2D eigenvalue weighted by Gasteiger charge is 2.30. The van der Waals surface area contributed by atoms with Gasteiger partial charge in [0, 0.05) is 67.2 Å². The second-order valence-corrected chi connectivity index (χ2v) is 9.61. The molecule has 0 atom stereocenters. The monoisotopic (exact) mass is 445 g/mol. The smallest absolute Gasteiger partial charge is 0.225 e. The Morgan fingerprint density at radius 1 is 1.26 bits per heavy atom. The Balaban J connectivity index is 1.21. The van der Waals surface area contributed by atoms with Gasteiger partial charge in [0.05, 0.1) is 0 Å². The predicted molar refractivity (Wildman–Crippen MR) is 126 cm³/mol. The summed E-state index contributed by atoms with van der Waals surface area (Å²) in [5.41, 5.74) is 2.04. The number of guanidine groups is 1. The van der Waals surface area contributed by atoms with Gasteiger partial charge in [-0.1, -0.05) is 0 Å². The second kappa shape index (κ2) is 10.4. The highest BCUT2D eigenvalue weighted by molar-refractivity contribution is 7.99. The van der Waals surface area contributed by atoms with Crippen LogP contribution < -0.4 is 10.6 Å². The van der Waals surface area contributed by atoms with E-state index in [2.05, 4.69) is 25.5 Å². The standard InChI is InChI=1S/C23H32FN5OS/c1-25-23(26-9-8-17-15-27-21-7-4-18(24)14-20(17)21)28-19-5-2-16(3-6-19)22(30)29-10-12-31-13-11-29/h4,7,14-16,19,27H,2-3,5-6,8-13H2,1H3,(H2,25,26,28). The van der Waals surface area contributed by atoms with Crippen molar-refractivity contribution >= 4 is 34.5 Å². The summed E-state index contributed by atoms with van der Waals surface area (Å²) < 4.78 is 13.6. The number of aliphatic imine (C=N–C) groups is 1. The van der Waals surface area contributed by atoms with Gasteiger partial charge in [0.15, 0.2) is 5.96 Å². The van der Waals surface area contributed by atoms with Crippen LogP contribution in [0.4, 0.5) is 4.39 Å². The minimum atomic E-state index is -0.216. The number of amides is 1. The molecule has 1 amide bonds. The van der Waals surface area contributed by atoms with Gasteiger partial charge in [-0.25, -0.2) is 4.39 Å². The summed E-state index contributed by atoms with van der Waals surface area (Å²) >= 11 is 1.94. The van der Waals surface area contributed by atoms with Crippen molar-refractivity contribution in [3.63, 3.8) is 0 Å². The largest absolute Gasteiger partial charge is 0.361 e. The quantitative estimate of drug-likeness (QED) is 0.488. The number of fused-ring (bicyclic) bond motifs is 1. The Kier molecular flexibility index (Phi) is 7.37. The number of nitrogens with one attached hydrogen (secondary N) is 3. The van der Waals surface area contributed by atoms with Gasteiger partial charge in [0.2, 0.25) is 5.91 Å². The minimum absolute atomic E-state index is 0.179. The Morgan fingerprint density at radius 3 is 2.77 bits per heavy atom. The van der Waals surface area contributed by atoms with Crippen molar-refractivity contribution in [1.29, 1.82) is 0 Å². The normalized spacial score (nSPS) is 22.5.